The molecule has 0 radical (unpaired) electrons. The maximum atomic E-state index is 11.6. The van der Waals surface area contributed by atoms with Gasteiger partial charge in [-0.15, -0.1) is 0 Å². The van der Waals surface area contributed by atoms with Crippen molar-refractivity contribution in [2.45, 2.75) is 6.92 Å². The van der Waals surface area contributed by atoms with Gasteiger partial charge in [0.2, 0.25) is 0 Å². The van der Waals surface area contributed by atoms with E-state index in [0.29, 0.717) is 5.58 Å². The Morgan fingerprint density at radius 1 is 0.950 bits per heavy atom. The molecule has 0 amide bonds. The Hall–Kier alpha value is -2.61. The number of hydrogen-bond donors (Lipinski definition) is 0. The number of rotatable bonds is 2. The highest BCUT2D eigenvalue weighted by Gasteiger charge is 2.03. The molecule has 2 heteroatoms. The summed E-state index contributed by atoms with van der Waals surface area (Å²) < 4.78 is 5.25. The zero-order valence-electron chi connectivity index (χ0n) is 11.2. The number of aryl methyl sites for hydroxylation is 1. The molecule has 20 heavy (non-hydrogen) atoms. The summed E-state index contributed by atoms with van der Waals surface area (Å²) in [6.45, 7) is 1.98. The summed E-state index contributed by atoms with van der Waals surface area (Å²) in [4.78, 5) is 11.6. The number of hydrogen-bond acceptors (Lipinski definition) is 2. The van der Waals surface area contributed by atoms with Crippen molar-refractivity contribution < 1.29 is 4.42 Å². The lowest BCUT2D eigenvalue weighted by Gasteiger charge is -2.02. The third kappa shape index (κ3) is 2.54. The molecule has 2 nitrogen and oxygen atoms in total. The van der Waals surface area contributed by atoms with Crippen molar-refractivity contribution in [1.82, 2.24) is 0 Å². The van der Waals surface area contributed by atoms with Crippen LogP contribution in [0.3, 0.4) is 0 Å². The predicted octanol–water partition coefficient (Wildman–Crippen LogP) is 4.27. The summed E-state index contributed by atoms with van der Waals surface area (Å²) in [5, 5.41) is 0.947. The molecule has 0 bridgehead atoms. The van der Waals surface area contributed by atoms with E-state index >= 15 is 0 Å². The van der Waals surface area contributed by atoms with Gasteiger partial charge in [-0.05, 0) is 29.7 Å². The summed E-state index contributed by atoms with van der Waals surface area (Å²) in [6, 6.07) is 17.4. The predicted molar refractivity (Wildman–Crippen MR) is 82.6 cm³/mol. The molecule has 1 aromatic heterocycles. The molecule has 3 aromatic rings. The quantitative estimate of drug-likeness (QED) is 0.645. The number of benzene rings is 2. The molecule has 2 aromatic carbocycles. The van der Waals surface area contributed by atoms with E-state index in [1.165, 1.54) is 6.07 Å². The normalized spacial score (nSPS) is 11.2. The van der Waals surface area contributed by atoms with Crippen LogP contribution >= 0.6 is 0 Å². The molecular formula is C18H14O2. The number of fused-ring (bicyclic) bond motifs is 1. The third-order valence-electron chi connectivity index (χ3n) is 3.19. The van der Waals surface area contributed by atoms with Gasteiger partial charge in [-0.3, -0.25) is 0 Å². The molecule has 3 rings (SSSR count). The van der Waals surface area contributed by atoms with Crippen LogP contribution in [0.2, 0.25) is 0 Å². The van der Waals surface area contributed by atoms with Crippen molar-refractivity contribution >= 4 is 23.1 Å². The fourth-order valence-corrected chi connectivity index (χ4v) is 2.18. The lowest BCUT2D eigenvalue weighted by Crippen LogP contribution is -1.97. The Kier molecular flexibility index (Phi) is 3.21. The van der Waals surface area contributed by atoms with Gasteiger partial charge in [0.05, 0.1) is 0 Å². The second-order valence-electron chi connectivity index (χ2n) is 4.76. The van der Waals surface area contributed by atoms with E-state index in [9.17, 15) is 4.79 Å². The minimum Gasteiger partial charge on any atom is -0.423 e. The zero-order chi connectivity index (χ0) is 13.9. The lowest BCUT2D eigenvalue weighted by molar-refractivity contribution is 0.560. The average molecular weight is 262 g/mol. The van der Waals surface area contributed by atoms with E-state index in [1.807, 2.05) is 67.6 Å². The fraction of sp³-hybridized carbons (Fsp3) is 0.0556. The first-order chi connectivity index (χ1) is 9.72. The maximum Gasteiger partial charge on any atom is 0.336 e. The smallest absolute Gasteiger partial charge is 0.336 e. The van der Waals surface area contributed by atoms with Gasteiger partial charge in [0.15, 0.2) is 0 Å². The topological polar surface area (TPSA) is 30.2 Å². The monoisotopic (exact) mass is 262 g/mol. The highest BCUT2D eigenvalue weighted by molar-refractivity contribution is 5.89. The van der Waals surface area contributed by atoms with Gasteiger partial charge in [-0.2, -0.15) is 0 Å². The van der Waals surface area contributed by atoms with Crippen LogP contribution in [0.1, 0.15) is 16.7 Å². The van der Waals surface area contributed by atoms with Crippen LogP contribution in [0.5, 0.6) is 0 Å². The van der Waals surface area contributed by atoms with E-state index in [-0.39, 0.29) is 5.63 Å². The van der Waals surface area contributed by atoms with Gasteiger partial charge < -0.3 is 4.42 Å². The SMILES string of the molecule is Cc1ccc2c(/C=C/c3ccccc3)cc(=O)oc2c1. The molecule has 0 aliphatic carbocycles. The molecule has 0 saturated carbocycles. The van der Waals surface area contributed by atoms with Gasteiger partial charge in [-0.25, -0.2) is 4.79 Å². The lowest BCUT2D eigenvalue weighted by atomic mass is 10.1. The molecule has 0 aliphatic rings. The van der Waals surface area contributed by atoms with Crippen molar-refractivity contribution in [2.75, 3.05) is 0 Å². The van der Waals surface area contributed by atoms with Crippen molar-refractivity contribution in [2.24, 2.45) is 0 Å². The third-order valence-corrected chi connectivity index (χ3v) is 3.19. The van der Waals surface area contributed by atoms with Gasteiger partial charge in [0.25, 0.3) is 0 Å². The Balaban J connectivity index is 2.12. The van der Waals surface area contributed by atoms with Crippen LogP contribution in [0.25, 0.3) is 23.1 Å². The molecule has 0 saturated heterocycles. The molecule has 0 N–H and O–H groups in total. The van der Waals surface area contributed by atoms with E-state index in [2.05, 4.69) is 0 Å². The minimum absolute atomic E-state index is 0.323. The highest BCUT2D eigenvalue weighted by atomic mass is 16.4. The average Bonchev–Trinajstić information content (AvgIpc) is 2.45. The summed E-state index contributed by atoms with van der Waals surface area (Å²) in [6.07, 6.45) is 3.94. The summed E-state index contributed by atoms with van der Waals surface area (Å²) in [5.74, 6) is 0. The standard InChI is InChI=1S/C18H14O2/c1-13-7-10-16-15(12-18(19)20-17(16)11-13)9-8-14-5-3-2-4-6-14/h2-12H,1H3/b9-8+. The van der Waals surface area contributed by atoms with Crippen molar-refractivity contribution in [3.05, 3.63) is 81.7 Å². The van der Waals surface area contributed by atoms with Crippen molar-refractivity contribution in [3.63, 3.8) is 0 Å². The van der Waals surface area contributed by atoms with E-state index in [0.717, 1.165) is 22.1 Å². The molecule has 0 unspecified atom stereocenters. The summed E-state index contributed by atoms with van der Waals surface area (Å²) in [7, 11) is 0. The molecule has 0 aliphatic heterocycles. The highest BCUT2D eigenvalue weighted by Crippen LogP contribution is 2.20. The largest absolute Gasteiger partial charge is 0.423 e. The first kappa shape index (κ1) is 12.4. The van der Waals surface area contributed by atoms with Crippen LogP contribution < -0.4 is 5.63 Å². The van der Waals surface area contributed by atoms with Crippen LogP contribution in [0, 0.1) is 6.92 Å². The van der Waals surface area contributed by atoms with E-state index in [1.54, 1.807) is 0 Å². The zero-order valence-corrected chi connectivity index (χ0v) is 11.2. The second kappa shape index (κ2) is 5.17. The molecule has 98 valence electrons. The first-order valence-corrected chi connectivity index (χ1v) is 6.50. The van der Waals surface area contributed by atoms with E-state index in [4.69, 9.17) is 4.42 Å². The minimum atomic E-state index is -0.323. The Labute approximate surface area is 117 Å². The molecule has 1 heterocycles. The van der Waals surface area contributed by atoms with Crippen LogP contribution in [-0.4, -0.2) is 0 Å². The second-order valence-corrected chi connectivity index (χ2v) is 4.76. The van der Waals surface area contributed by atoms with Gasteiger partial charge in [0, 0.05) is 11.5 Å². The van der Waals surface area contributed by atoms with Crippen LogP contribution in [0.15, 0.2) is 63.8 Å². The molecule has 0 fully saturated rings. The van der Waals surface area contributed by atoms with Gasteiger partial charge >= 0.3 is 5.63 Å². The van der Waals surface area contributed by atoms with Crippen molar-refractivity contribution in [3.8, 4) is 0 Å². The van der Waals surface area contributed by atoms with Crippen LogP contribution in [-0.2, 0) is 0 Å². The molecule has 0 atom stereocenters. The molecular weight excluding hydrogens is 248 g/mol. The Morgan fingerprint density at radius 2 is 1.75 bits per heavy atom. The Morgan fingerprint density at radius 3 is 2.55 bits per heavy atom. The van der Waals surface area contributed by atoms with E-state index < -0.39 is 0 Å². The van der Waals surface area contributed by atoms with Crippen LogP contribution in [0.4, 0.5) is 0 Å². The fourth-order valence-electron chi connectivity index (χ4n) is 2.18. The molecule has 0 spiro atoms. The maximum absolute atomic E-state index is 11.6. The van der Waals surface area contributed by atoms with Gasteiger partial charge in [0.1, 0.15) is 5.58 Å². The first-order valence-electron chi connectivity index (χ1n) is 6.50. The van der Waals surface area contributed by atoms with Gasteiger partial charge in [-0.1, -0.05) is 54.6 Å². The van der Waals surface area contributed by atoms with Crippen molar-refractivity contribution in [1.29, 1.82) is 0 Å². The summed E-state index contributed by atoms with van der Waals surface area (Å²) in [5.41, 5.74) is 3.35. The Bertz CT molecular complexity index is 827. The summed E-state index contributed by atoms with van der Waals surface area (Å²) >= 11 is 0.